The molecule has 8 heteroatoms. The molecule has 0 saturated carbocycles. The topological polar surface area (TPSA) is 86.8 Å². The molecule has 0 unspecified atom stereocenters. The summed E-state index contributed by atoms with van der Waals surface area (Å²) in [4.78, 5) is 27.6. The molecule has 1 N–H and O–H groups in total. The van der Waals surface area contributed by atoms with E-state index >= 15 is 0 Å². The lowest BCUT2D eigenvalue weighted by Gasteiger charge is -2.32. The third-order valence-electron chi connectivity index (χ3n) is 5.49. The van der Waals surface area contributed by atoms with Crippen molar-refractivity contribution in [2.45, 2.75) is 65.6 Å². The highest BCUT2D eigenvalue weighted by molar-refractivity contribution is 7.92. The van der Waals surface area contributed by atoms with Gasteiger partial charge in [0.25, 0.3) is 0 Å². The zero-order chi connectivity index (χ0) is 25.7. The Hall–Kier alpha value is -2.87. The van der Waals surface area contributed by atoms with Gasteiger partial charge in [-0.05, 0) is 49.4 Å². The van der Waals surface area contributed by atoms with Crippen LogP contribution in [0.3, 0.4) is 0 Å². The van der Waals surface area contributed by atoms with E-state index in [9.17, 15) is 18.0 Å². The Balaban J connectivity index is 2.37. The van der Waals surface area contributed by atoms with Gasteiger partial charge in [0.15, 0.2) is 0 Å². The van der Waals surface area contributed by atoms with Crippen molar-refractivity contribution in [1.82, 2.24) is 10.2 Å². The third-order valence-corrected chi connectivity index (χ3v) is 6.64. The molecule has 34 heavy (non-hydrogen) atoms. The van der Waals surface area contributed by atoms with Crippen molar-refractivity contribution in [3.63, 3.8) is 0 Å². The van der Waals surface area contributed by atoms with Crippen molar-refractivity contribution < 1.29 is 18.0 Å². The Kier molecular flexibility index (Phi) is 8.89. The van der Waals surface area contributed by atoms with Crippen molar-refractivity contribution in [2.75, 3.05) is 17.1 Å². The molecular weight excluding hydrogens is 450 g/mol. The monoisotopic (exact) mass is 487 g/mol. The van der Waals surface area contributed by atoms with Gasteiger partial charge in [0, 0.05) is 12.6 Å². The van der Waals surface area contributed by atoms with Crippen LogP contribution in [0.2, 0.25) is 0 Å². The molecule has 7 nitrogen and oxygen atoms in total. The van der Waals surface area contributed by atoms with Gasteiger partial charge in [-0.2, -0.15) is 0 Å². The summed E-state index contributed by atoms with van der Waals surface area (Å²) in [6, 6.07) is 15.6. The summed E-state index contributed by atoms with van der Waals surface area (Å²) in [6.07, 6.45) is 1.08. The highest BCUT2D eigenvalue weighted by Crippen LogP contribution is 2.26. The van der Waals surface area contributed by atoms with Crippen molar-refractivity contribution in [2.24, 2.45) is 0 Å². The van der Waals surface area contributed by atoms with Crippen LogP contribution in [0.4, 0.5) is 5.69 Å². The number of nitrogens with zero attached hydrogens (tertiary/aromatic N) is 2. The Morgan fingerprint density at radius 2 is 1.50 bits per heavy atom. The Labute approximate surface area is 204 Å². The fraction of sp³-hybridized carbons (Fsp3) is 0.462. The zero-order valence-electron chi connectivity index (χ0n) is 21.2. The fourth-order valence-corrected chi connectivity index (χ4v) is 4.36. The molecule has 0 aliphatic rings. The van der Waals surface area contributed by atoms with Gasteiger partial charge < -0.3 is 10.2 Å². The lowest BCUT2D eigenvalue weighted by Crippen LogP contribution is -2.52. The number of sulfonamides is 1. The summed E-state index contributed by atoms with van der Waals surface area (Å²) in [5.74, 6) is -0.750. The highest BCUT2D eigenvalue weighted by atomic mass is 32.2. The largest absolute Gasteiger partial charge is 0.352 e. The number of nitrogens with one attached hydrogen (secondary N) is 1. The molecule has 0 spiro atoms. The Morgan fingerprint density at radius 1 is 0.941 bits per heavy atom. The quantitative estimate of drug-likeness (QED) is 0.584. The van der Waals surface area contributed by atoms with Crippen LogP contribution < -0.4 is 9.62 Å². The van der Waals surface area contributed by atoms with Gasteiger partial charge in [-0.3, -0.25) is 13.9 Å². The molecule has 0 heterocycles. The van der Waals surface area contributed by atoms with E-state index in [1.165, 1.54) is 4.90 Å². The summed E-state index contributed by atoms with van der Waals surface area (Å²) < 4.78 is 26.4. The minimum absolute atomic E-state index is 0.0857. The zero-order valence-corrected chi connectivity index (χ0v) is 22.0. The van der Waals surface area contributed by atoms with Crippen LogP contribution in [-0.2, 0) is 31.6 Å². The normalized spacial score (nSPS) is 12.8. The van der Waals surface area contributed by atoms with Gasteiger partial charge in [0.2, 0.25) is 21.8 Å². The number of rotatable bonds is 9. The van der Waals surface area contributed by atoms with Crippen LogP contribution in [0, 0.1) is 0 Å². The minimum Gasteiger partial charge on any atom is -0.352 e. The fourth-order valence-electron chi connectivity index (χ4n) is 3.51. The minimum atomic E-state index is -3.75. The molecule has 0 fully saturated rings. The van der Waals surface area contributed by atoms with E-state index in [0.717, 1.165) is 21.7 Å². The molecule has 2 amide bonds. The number of hydrogen-bond acceptors (Lipinski definition) is 4. The van der Waals surface area contributed by atoms with Crippen LogP contribution in [0.25, 0.3) is 0 Å². The second-order valence-corrected chi connectivity index (χ2v) is 11.8. The Morgan fingerprint density at radius 3 is 1.97 bits per heavy atom. The van der Waals surface area contributed by atoms with E-state index in [0.29, 0.717) is 5.69 Å². The van der Waals surface area contributed by atoms with Gasteiger partial charge >= 0.3 is 0 Å². The van der Waals surface area contributed by atoms with E-state index in [1.807, 2.05) is 56.3 Å². The van der Waals surface area contributed by atoms with Gasteiger partial charge in [-0.1, -0.05) is 63.2 Å². The SMILES string of the molecule is CC(C)NC(=O)[C@H](C)N(Cc1ccccc1)C(=O)CN(c1ccc(C(C)(C)C)cc1)S(C)(=O)=O. The smallest absolute Gasteiger partial charge is 0.244 e. The van der Waals surface area contributed by atoms with E-state index in [-0.39, 0.29) is 23.9 Å². The van der Waals surface area contributed by atoms with E-state index < -0.39 is 28.5 Å². The van der Waals surface area contributed by atoms with Gasteiger partial charge in [-0.25, -0.2) is 8.42 Å². The van der Waals surface area contributed by atoms with Crippen LogP contribution in [0.15, 0.2) is 54.6 Å². The first-order valence-corrected chi connectivity index (χ1v) is 13.3. The van der Waals surface area contributed by atoms with Crippen LogP contribution in [0.5, 0.6) is 0 Å². The maximum absolute atomic E-state index is 13.5. The first-order valence-electron chi connectivity index (χ1n) is 11.4. The van der Waals surface area contributed by atoms with Crippen molar-refractivity contribution >= 4 is 27.5 Å². The number of benzene rings is 2. The maximum atomic E-state index is 13.5. The summed E-state index contributed by atoms with van der Waals surface area (Å²) in [7, 11) is -3.75. The van der Waals surface area contributed by atoms with Crippen molar-refractivity contribution in [3.8, 4) is 0 Å². The van der Waals surface area contributed by atoms with Crippen LogP contribution in [-0.4, -0.2) is 50.0 Å². The molecular formula is C26H37N3O4S. The molecule has 0 aliphatic heterocycles. The molecule has 0 aliphatic carbocycles. The predicted octanol–water partition coefficient (Wildman–Crippen LogP) is 3.69. The average molecular weight is 488 g/mol. The van der Waals surface area contributed by atoms with Crippen molar-refractivity contribution in [3.05, 3.63) is 65.7 Å². The molecule has 0 radical (unpaired) electrons. The molecule has 2 aromatic rings. The standard InChI is InChI=1S/C26H37N3O4S/c1-19(2)27-25(31)20(3)28(17-21-11-9-8-10-12-21)24(30)18-29(34(7,32)33)23-15-13-22(14-16-23)26(4,5)6/h8-16,19-20H,17-18H2,1-7H3,(H,27,31)/t20-/m0/s1. The highest BCUT2D eigenvalue weighted by Gasteiger charge is 2.30. The number of hydrogen-bond donors (Lipinski definition) is 1. The van der Waals surface area contributed by atoms with Crippen LogP contribution >= 0.6 is 0 Å². The van der Waals surface area contributed by atoms with Gasteiger partial charge in [0.1, 0.15) is 12.6 Å². The van der Waals surface area contributed by atoms with E-state index in [4.69, 9.17) is 0 Å². The van der Waals surface area contributed by atoms with Gasteiger partial charge in [-0.15, -0.1) is 0 Å². The number of carbonyl (C=O) groups is 2. The van der Waals surface area contributed by atoms with E-state index in [1.54, 1.807) is 19.1 Å². The third kappa shape index (κ3) is 7.58. The number of carbonyl (C=O) groups excluding carboxylic acids is 2. The van der Waals surface area contributed by atoms with Crippen LogP contribution in [0.1, 0.15) is 52.7 Å². The second kappa shape index (κ2) is 11.0. The molecule has 2 rings (SSSR count). The summed E-state index contributed by atoms with van der Waals surface area (Å²) in [6.45, 7) is 11.4. The lowest BCUT2D eigenvalue weighted by atomic mass is 9.87. The molecule has 0 bridgehead atoms. The predicted molar refractivity (Wildman–Crippen MR) is 137 cm³/mol. The molecule has 0 aromatic heterocycles. The Bertz CT molecular complexity index is 1080. The molecule has 2 aromatic carbocycles. The van der Waals surface area contributed by atoms with Gasteiger partial charge in [0.05, 0.1) is 11.9 Å². The average Bonchev–Trinajstić information content (AvgIpc) is 2.74. The first kappa shape index (κ1) is 27.4. The number of amides is 2. The second-order valence-electron chi connectivity index (χ2n) is 9.91. The van der Waals surface area contributed by atoms with Crippen molar-refractivity contribution in [1.29, 1.82) is 0 Å². The maximum Gasteiger partial charge on any atom is 0.244 e. The molecule has 186 valence electrons. The molecule has 0 saturated heterocycles. The summed E-state index contributed by atoms with van der Waals surface area (Å²) in [5.41, 5.74) is 2.22. The summed E-state index contributed by atoms with van der Waals surface area (Å²) in [5, 5.41) is 2.83. The molecule has 1 atom stereocenters. The number of anilines is 1. The summed E-state index contributed by atoms with van der Waals surface area (Å²) >= 11 is 0. The first-order chi connectivity index (χ1) is 15.7. The lowest BCUT2D eigenvalue weighted by molar-refractivity contribution is -0.139. The van der Waals surface area contributed by atoms with E-state index in [2.05, 4.69) is 26.1 Å².